The Labute approximate surface area is 159 Å². The Morgan fingerprint density at radius 3 is 2.67 bits per heavy atom. The molecule has 138 valence electrons. The van der Waals surface area contributed by atoms with E-state index < -0.39 is 5.97 Å². The average Bonchev–Trinajstić information content (AvgIpc) is 3.34. The van der Waals surface area contributed by atoms with E-state index in [1.165, 1.54) is 11.3 Å². The number of hydrogen-bond donors (Lipinski definition) is 0. The van der Waals surface area contributed by atoms with Crippen molar-refractivity contribution in [2.45, 2.75) is 34.3 Å². The van der Waals surface area contributed by atoms with E-state index in [1.807, 2.05) is 20.8 Å². The van der Waals surface area contributed by atoms with Crippen LogP contribution < -0.4 is 0 Å². The Balaban J connectivity index is 1.66. The third kappa shape index (κ3) is 3.02. The van der Waals surface area contributed by atoms with Gasteiger partial charge in [0.15, 0.2) is 11.6 Å². The summed E-state index contributed by atoms with van der Waals surface area (Å²) < 4.78 is 16.0. The second-order valence-electron chi connectivity index (χ2n) is 6.23. The molecule has 0 fully saturated rings. The monoisotopic (exact) mass is 383 g/mol. The van der Waals surface area contributed by atoms with E-state index in [0.29, 0.717) is 22.2 Å². The lowest BCUT2D eigenvalue weighted by Crippen LogP contribution is -2.05. The quantitative estimate of drug-likeness (QED) is 0.478. The zero-order valence-corrected chi connectivity index (χ0v) is 16.1. The van der Waals surface area contributed by atoms with E-state index in [2.05, 4.69) is 15.1 Å². The van der Waals surface area contributed by atoms with Crippen LogP contribution in [-0.2, 0) is 11.3 Å². The Morgan fingerprint density at radius 2 is 2.00 bits per heavy atom. The van der Waals surface area contributed by atoms with Crippen molar-refractivity contribution in [2.75, 3.05) is 0 Å². The number of thiophene rings is 1. The highest BCUT2D eigenvalue weighted by Crippen LogP contribution is 2.33. The molecule has 8 heteroatoms. The third-order valence-electron chi connectivity index (χ3n) is 4.43. The van der Waals surface area contributed by atoms with Gasteiger partial charge in [0.1, 0.15) is 22.1 Å². The summed E-state index contributed by atoms with van der Waals surface area (Å²) >= 11 is 1.30. The maximum Gasteiger partial charge on any atom is 0.349 e. The first kappa shape index (κ1) is 17.4. The lowest BCUT2D eigenvalue weighted by atomic mass is 10.1. The highest BCUT2D eigenvalue weighted by Gasteiger charge is 2.22. The fraction of sp³-hybridized carbons (Fsp3) is 0.263. The Hall–Kier alpha value is -3.00. The SMILES string of the molecule is Cc1noc(C)c1COC(=O)c1sc2nc(-c3ccco3)nc(C)c2c1C. The van der Waals surface area contributed by atoms with Gasteiger partial charge in [0.2, 0.25) is 0 Å². The van der Waals surface area contributed by atoms with Crippen molar-refractivity contribution in [3.63, 3.8) is 0 Å². The fourth-order valence-electron chi connectivity index (χ4n) is 2.96. The number of rotatable bonds is 4. The first-order chi connectivity index (χ1) is 13.0. The Morgan fingerprint density at radius 1 is 1.19 bits per heavy atom. The van der Waals surface area contributed by atoms with Gasteiger partial charge in [0, 0.05) is 5.39 Å². The summed E-state index contributed by atoms with van der Waals surface area (Å²) in [7, 11) is 0. The van der Waals surface area contributed by atoms with E-state index in [1.54, 1.807) is 25.3 Å². The molecule has 0 radical (unpaired) electrons. The Bertz CT molecular complexity index is 1120. The molecule has 0 bridgehead atoms. The molecule has 0 aliphatic heterocycles. The first-order valence-corrected chi connectivity index (χ1v) is 9.18. The normalized spacial score (nSPS) is 11.3. The minimum atomic E-state index is -0.394. The summed E-state index contributed by atoms with van der Waals surface area (Å²) in [5, 5.41) is 4.75. The van der Waals surface area contributed by atoms with Gasteiger partial charge in [-0.3, -0.25) is 0 Å². The van der Waals surface area contributed by atoms with Gasteiger partial charge in [-0.1, -0.05) is 5.16 Å². The Kier molecular flexibility index (Phi) is 4.27. The van der Waals surface area contributed by atoms with Gasteiger partial charge in [-0.2, -0.15) is 0 Å². The molecule has 27 heavy (non-hydrogen) atoms. The largest absolute Gasteiger partial charge is 0.461 e. The summed E-state index contributed by atoms with van der Waals surface area (Å²) in [5.41, 5.74) is 3.13. The standard InChI is InChI=1S/C19H17N3O4S/c1-9-15-11(3)20-17(14-6-5-7-24-14)21-18(15)27-16(9)19(23)25-8-13-10(2)22-26-12(13)4/h5-7H,8H2,1-4H3. The molecule has 0 aromatic carbocycles. The number of aromatic nitrogens is 3. The smallest absolute Gasteiger partial charge is 0.349 e. The number of furan rings is 1. The highest BCUT2D eigenvalue weighted by molar-refractivity contribution is 7.20. The molecule has 0 saturated carbocycles. The van der Waals surface area contributed by atoms with Crippen molar-refractivity contribution in [1.29, 1.82) is 0 Å². The lowest BCUT2D eigenvalue weighted by Gasteiger charge is -2.04. The zero-order valence-electron chi connectivity index (χ0n) is 15.3. The summed E-state index contributed by atoms with van der Waals surface area (Å²) in [6.45, 7) is 7.52. The predicted octanol–water partition coefficient (Wildman–Crippen LogP) is 4.53. The zero-order chi connectivity index (χ0) is 19.1. The second-order valence-corrected chi connectivity index (χ2v) is 7.22. The topological polar surface area (TPSA) is 91.2 Å². The van der Waals surface area contributed by atoms with Crippen LogP contribution in [0, 0.1) is 27.7 Å². The van der Waals surface area contributed by atoms with Crippen molar-refractivity contribution in [2.24, 2.45) is 0 Å². The van der Waals surface area contributed by atoms with Crippen LogP contribution in [0.25, 0.3) is 21.8 Å². The number of aryl methyl sites for hydroxylation is 4. The molecule has 4 heterocycles. The summed E-state index contributed by atoms with van der Waals surface area (Å²) in [4.78, 5) is 23.0. The average molecular weight is 383 g/mol. The molecule has 0 amide bonds. The van der Waals surface area contributed by atoms with Gasteiger partial charge in [-0.05, 0) is 45.4 Å². The number of carbonyl (C=O) groups is 1. The van der Waals surface area contributed by atoms with Crippen LogP contribution in [0.3, 0.4) is 0 Å². The van der Waals surface area contributed by atoms with E-state index in [-0.39, 0.29) is 6.61 Å². The molecule has 0 unspecified atom stereocenters. The van der Waals surface area contributed by atoms with Gasteiger partial charge < -0.3 is 13.7 Å². The molecular formula is C19H17N3O4S. The van der Waals surface area contributed by atoms with Gasteiger partial charge in [0.25, 0.3) is 0 Å². The number of carbonyl (C=O) groups excluding carboxylic acids is 1. The van der Waals surface area contributed by atoms with Gasteiger partial charge in [-0.25, -0.2) is 14.8 Å². The van der Waals surface area contributed by atoms with E-state index in [4.69, 9.17) is 13.7 Å². The van der Waals surface area contributed by atoms with Crippen molar-refractivity contribution >= 4 is 27.5 Å². The highest BCUT2D eigenvalue weighted by atomic mass is 32.1. The summed E-state index contributed by atoms with van der Waals surface area (Å²) in [5.74, 6) is 1.35. The second kappa shape index (κ2) is 6.62. The van der Waals surface area contributed by atoms with Crippen molar-refractivity contribution in [3.05, 3.63) is 51.5 Å². The van der Waals surface area contributed by atoms with Crippen LogP contribution in [0.4, 0.5) is 0 Å². The van der Waals surface area contributed by atoms with E-state index in [9.17, 15) is 4.79 Å². The number of nitrogens with zero attached hydrogens (tertiary/aromatic N) is 3. The van der Waals surface area contributed by atoms with Crippen molar-refractivity contribution < 1.29 is 18.5 Å². The molecule has 0 N–H and O–H groups in total. The van der Waals surface area contributed by atoms with Crippen LogP contribution in [0.5, 0.6) is 0 Å². The molecule has 4 rings (SSSR count). The number of ether oxygens (including phenoxy) is 1. The summed E-state index contributed by atoms with van der Waals surface area (Å²) in [6.07, 6.45) is 1.58. The molecule has 0 atom stereocenters. The maximum atomic E-state index is 12.6. The molecule has 0 aliphatic rings. The molecular weight excluding hydrogens is 366 g/mol. The van der Waals surface area contributed by atoms with Gasteiger partial charge in [-0.15, -0.1) is 11.3 Å². The summed E-state index contributed by atoms with van der Waals surface area (Å²) in [6, 6.07) is 3.59. The van der Waals surface area contributed by atoms with Gasteiger partial charge in [0.05, 0.1) is 23.2 Å². The van der Waals surface area contributed by atoms with Crippen molar-refractivity contribution in [3.8, 4) is 11.6 Å². The minimum Gasteiger partial charge on any atom is -0.461 e. The number of fused-ring (bicyclic) bond motifs is 1. The minimum absolute atomic E-state index is 0.121. The van der Waals surface area contributed by atoms with Crippen LogP contribution in [0.15, 0.2) is 27.3 Å². The maximum absolute atomic E-state index is 12.6. The first-order valence-electron chi connectivity index (χ1n) is 8.36. The molecule has 0 spiro atoms. The van der Waals surface area contributed by atoms with Crippen LogP contribution >= 0.6 is 11.3 Å². The number of esters is 1. The fourth-order valence-corrected chi connectivity index (χ4v) is 4.09. The lowest BCUT2D eigenvalue weighted by molar-refractivity contribution is 0.0476. The molecule has 0 saturated heterocycles. The molecule has 0 aliphatic carbocycles. The predicted molar refractivity (Wildman–Crippen MR) is 99.7 cm³/mol. The van der Waals surface area contributed by atoms with Crippen LogP contribution in [0.2, 0.25) is 0 Å². The number of hydrogen-bond acceptors (Lipinski definition) is 8. The third-order valence-corrected chi connectivity index (χ3v) is 5.59. The van der Waals surface area contributed by atoms with E-state index in [0.717, 1.165) is 32.7 Å². The molecule has 7 nitrogen and oxygen atoms in total. The molecule has 4 aromatic rings. The van der Waals surface area contributed by atoms with Crippen LogP contribution in [-0.4, -0.2) is 21.1 Å². The van der Waals surface area contributed by atoms with Gasteiger partial charge >= 0.3 is 5.97 Å². The van der Waals surface area contributed by atoms with Crippen molar-refractivity contribution in [1.82, 2.24) is 15.1 Å². The molecule has 4 aromatic heterocycles. The van der Waals surface area contributed by atoms with E-state index >= 15 is 0 Å². The van der Waals surface area contributed by atoms with Crippen LogP contribution in [0.1, 0.15) is 37.9 Å².